The predicted octanol–water partition coefficient (Wildman–Crippen LogP) is 2.57. The highest BCUT2D eigenvalue weighted by Crippen LogP contribution is 2.20. The van der Waals surface area contributed by atoms with E-state index in [-0.39, 0.29) is 6.10 Å². The molecule has 1 aromatic rings. The Morgan fingerprint density at radius 2 is 2.00 bits per heavy atom. The van der Waals surface area contributed by atoms with E-state index in [0.717, 1.165) is 24.8 Å². The van der Waals surface area contributed by atoms with Gasteiger partial charge in [-0.3, -0.25) is 0 Å². The molecule has 0 radical (unpaired) electrons. The quantitative estimate of drug-likeness (QED) is 0.839. The molecular formula is C15H23NO3S. The second kappa shape index (κ2) is 6.70. The van der Waals surface area contributed by atoms with Crippen molar-refractivity contribution in [3.8, 4) is 0 Å². The number of hydrogen-bond acceptors (Lipinski definition) is 3. The molecule has 1 aliphatic rings. The highest BCUT2D eigenvalue weighted by Gasteiger charge is 2.30. The summed E-state index contributed by atoms with van der Waals surface area (Å²) in [4.78, 5) is 0.374. The Kier molecular flexibility index (Phi) is 5.18. The van der Waals surface area contributed by atoms with Gasteiger partial charge < -0.3 is 4.74 Å². The molecule has 1 fully saturated rings. The zero-order chi connectivity index (χ0) is 14.6. The van der Waals surface area contributed by atoms with Gasteiger partial charge in [0.2, 0.25) is 10.0 Å². The van der Waals surface area contributed by atoms with Gasteiger partial charge >= 0.3 is 0 Å². The standard InChI is InChI=1S/C15H23NO3S/c1-3-4-5-14-12-16(10-11-19-14)20(17,18)15-8-6-13(2)7-9-15/h6-9,14H,3-5,10-12H2,1-2H3. The smallest absolute Gasteiger partial charge is 0.243 e. The molecule has 1 atom stereocenters. The van der Waals surface area contributed by atoms with Crippen LogP contribution in [0.1, 0.15) is 31.7 Å². The van der Waals surface area contributed by atoms with Gasteiger partial charge in [0.15, 0.2) is 0 Å². The van der Waals surface area contributed by atoms with Crippen LogP contribution in [-0.2, 0) is 14.8 Å². The van der Waals surface area contributed by atoms with Crippen molar-refractivity contribution in [1.29, 1.82) is 0 Å². The number of nitrogens with zero attached hydrogens (tertiary/aromatic N) is 1. The number of hydrogen-bond donors (Lipinski definition) is 0. The maximum Gasteiger partial charge on any atom is 0.243 e. The number of aryl methyl sites for hydroxylation is 1. The van der Waals surface area contributed by atoms with Gasteiger partial charge in [-0.05, 0) is 25.5 Å². The molecule has 0 aliphatic carbocycles. The molecule has 1 unspecified atom stereocenters. The van der Waals surface area contributed by atoms with Gasteiger partial charge in [0.1, 0.15) is 0 Å². The Balaban J connectivity index is 2.10. The van der Waals surface area contributed by atoms with E-state index in [1.54, 1.807) is 16.4 Å². The van der Waals surface area contributed by atoms with Crippen LogP contribution < -0.4 is 0 Å². The highest BCUT2D eigenvalue weighted by molar-refractivity contribution is 7.89. The first-order valence-electron chi connectivity index (χ1n) is 7.22. The van der Waals surface area contributed by atoms with E-state index in [2.05, 4.69) is 6.92 Å². The lowest BCUT2D eigenvalue weighted by molar-refractivity contribution is -0.00653. The number of unbranched alkanes of at least 4 members (excludes halogenated alkanes) is 1. The number of rotatable bonds is 5. The lowest BCUT2D eigenvalue weighted by Crippen LogP contribution is -2.45. The molecule has 1 aromatic carbocycles. The number of sulfonamides is 1. The third-order valence-electron chi connectivity index (χ3n) is 3.64. The van der Waals surface area contributed by atoms with Gasteiger partial charge in [0.05, 0.1) is 17.6 Å². The third-order valence-corrected chi connectivity index (χ3v) is 5.52. The van der Waals surface area contributed by atoms with Crippen LogP contribution in [0.2, 0.25) is 0 Å². The van der Waals surface area contributed by atoms with Crippen LogP contribution in [0.15, 0.2) is 29.2 Å². The molecule has 0 amide bonds. The minimum Gasteiger partial charge on any atom is -0.375 e. The van der Waals surface area contributed by atoms with Crippen molar-refractivity contribution >= 4 is 10.0 Å². The van der Waals surface area contributed by atoms with E-state index >= 15 is 0 Å². The molecule has 5 heteroatoms. The zero-order valence-electron chi connectivity index (χ0n) is 12.2. The summed E-state index contributed by atoms with van der Waals surface area (Å²) in [7, 11) is -3.38. The topological polar surface area (TPSA) is 46.6 Å². The SMILES string of the molecule is CCCCC1CN(S(=O)(=O)c2ccc(C)cc2)CCO1. The summed E-state index contributed by atoms with van der Waals surface area (Å²) in [6.45, 7) is 5.48. The van der Waals surface area contributed by atoms with Crippen LogP contribution in [-0.4, -0.2) is 38.5 Å². The summed E-state index contributed by atoms with van der Waals surface area (Å²) in [5, 5.41) is 0. The van der Waals surface area contributed by atoms with Crippen molar-refractivity contribution in [2.24, 2.45) is 0 Å². The first-order chi connectivity index (χ1) is 9.54. The van der Waals surface area contributed by atoms with Crippen molar-refractivity contribution in [2.75, 3.05) is 19.7 Å². The summed E-state index contributed by atoms with van der Waals surface area (Å²) in [6, 6.07) is 7.03. The fraction of sp³-hybridized carbons (Fsp3) is 0.600. The average molecular weight is 297 g/mol. The Labute approximate surface area is 121 Å². The molecule has 1 heterocycles. The van der Waals surface area contributed by atoms with E-state index in [4.69, 9.17) is 4.74 Å². The summed E-state index contributed by atoms with van der Waals surface area (Å²) in [5.41, 5.74) is 1.06. The number of morpholine rings is 1. The minimum absolute atomic E-state index is 0.0314. The maximum absolute atomic E-state index is 12.6. The molecule has 1 aliphatic heterocycles. The second-order valence-corrected chi connectivity index (χ2v) is 7.25. The Bertz CT molecular complexity index is 525. The minimum atomic E-state index is -3.38. The normalized spacial score (nSPS) is 21.0. The first kappa shape index (κ1) is 15.5. The zero-order valence-corrected chi connectivity index (χ0v) is 13.0. The van der Waals surface area contributed by atoms with Crippen LogP contribution in [0.3, 0.4) is 0 Å². The van der Waals surface area contributed by atoms with Crippen molar-refractivity contribution in [2.45, 2.75) is 44.1 Å². The summed E-state index contributed by atoms with van der Waals surface area (Å²) < 4.78 is 32.4. The second-order valence-electron chi connectivity index (χ2n) is 5.31. The van der Waals surface area contributed by atoms with Crippen LogP contribution in [0.25, 0.3) is 0 Å². The van der Waals surface area contributed by atoms with Crippen LogP contribution >= 0.6 is 0 Å². The van der Waals surface area contributed by atoms with Gasteiger partial charge in [-0.25, -0.2) is 8.42 Å². The van der Waals surface area contributed by atoms with Crippen molar-refractivity contribution in [3.63, 3.8) is 0 Å². The number of ether oxygens (including phenoxy) is 1. The van der Waals surface area contributed by atoms with Gasteiger partial charge in [0, 0.05) is 13.1 Å². The summed E-state index contributed by atoms with van der Waals surface area (Å²) in [6.07, 6.45) is 3.13. The largest absolute Gasteiger partial charge is 0.375 e. The van der Waals surface area contributed by atoms with Crippen molar-refractivity contribution < 1.29 is 13.2 Å². The van der Waals surface area contributed by atoms with Gasteiger partial charge in [-0.1, -0.05) is 37.5 Å². The Morgan fingerprint density at radius 1 is 1.30 bits per heavy atom. The van der Waals surface area contributed by atoms with E-state index in [1.807, 2.05) is 19.1 Å². The molecule has 0 N–H and O–H groups in total. The molecular weight excluding hydrogens is 274 g/mol. The molecule has 112 valence electrons. The monoisotopic (exact) mass is 297 g/mol. The van der Waals surface area contributed by atoms with E-state index < -0.39 is 10.0 Å². The van der Waals surface area contributed by atoms with E-state index in [9.17, 15) is 8.42 Å². The first-order valence-corrected chi connectivity index (χ1v) is 8.66. The van der Waals surface area contributed by atoms with E-state index in [0.29, 0.717) is 24.6 Å². The Morgan fingerprint density at radius 3 is 2.65 bits per heavy atom. The number of benzene rings is 1. The van der Waals surface area contributed by atoms with Crippen LogP contribution in [0, 0.1) is 6.92 Å². The van der Waals surface area contributed by atoms with Crippen LogP contribution in [0.4, 0.5) is 0 Å². The highest BCUT2D eigenvalue weighted by atomic mass is 32.2. The lowest BCUT2D eigenvalue weighted by atomic mass is 10.1. The van der Waals surface area contributed by atoms with Crippen molar-refractivity contribution in [3.05, 3.63) is 29.8 Å². The van der Waals surface area contributed by atoms with Gasteiger partial charge in [-0.15, -0.1) is 0 Å². The lowest BCUT2D eigenvalue weighted by Gasteiger charge is -2.32. The Hall–Kier alpha value is -0.910. The summed E-state index contributed by atoms with van der Waals surface area (Å²) in [5.74, 6) is 0. The summed E-state index contributed by atoms with van der Waals surface area (Å²) >= 11 is 0. The molecule has 0 saturated carbocycles. The fourth-order valence-electron chi connectivity index (χ4n) is 2.38. The van der Waals surface area contributed by atoms with Gasteiger partial charge in [-0.2, -0.15) is 4.31 Å². The van der Waals surface area contributed by atoms with Crippen molar-refractivity contribution in [1.82, 2.24) is 4.31 Å². The molecule has 0 spiro atoms. The molecule has 2 rings (SSSR count). The molecule has 20 heavy (non-hydrogen) atoms. The maximum atomic E-state index is 12.6. The average Bonchev–Trinajstić information content (AvgIpc) is 2.46. The molecule has 0 aromatic heterocycles. The van der Waals surface area contributed by atoms with Gasteiger partial charge in [0.25, 0.3) is 0 Å². The third kappa shape index (κ3) is 3.59. The molecule has 1 saturated heterocycles. The van der Waals surface area contributed by atoms with Crippen LogP contribution in [0.5, 0.6) is 0 Å². The fourth-order valence-corrected chi connectivity index (χ4v) is 3.83. The van der Waals surface area contributed by atoms with E-state index in [1.165, 1.54) is 0 Å². The molecule has 0 bridgehead atoms. The predicted molar refractivity (Wildman–Crippen MR) is 79.2 cm³/mol. The molecule has 4 nitrogen and oxygen atoms in total.